The molecule has 0 radical (unpaired) electrons. The molecule has 0 aliphatic rings. The predicted molar refractivity (Wildman–Crippen MR) is 63.9 cm³/mol. The van der Waals surface area contributed by atoms with Crippen molar-refractivity contribution in [2.75, 3.05) is 5.06 Å². The van der Waals surface area contributed by atoms with Gasteiger partial charge in [-0.1, -0.05) is 15.9 Å². The zero-order chi connectivity index (χ0) is 11.5. The molecule has 0 unspecified atom stereocenters. The number of thiazole rings is 1. The van der Waals surface area contributed by atoms with Crippen LogP contribution in [0.4, 0.5) is 10.9 Å². The highest BCUT2D eigenvalue weighted by Gasteiger charge is 2.11. The van der Waals surface area contributed by atoms with Gasteiger partial charge >= 0.3 is 0 Å². The van der Waals surface area contributed by atoms with E-state index in [9.17, 15) is 5.21 Å². The van der Waals surface area contributed by atoms with Gasteiger partial charge in [-0.05, 0) is 12.1 Å². The zero-order valence-corrected chi connectivity index (χ0v) is 10.4. The Labute approximate surface area is 104 Å². The highest BCUT2D eigenvalue weighted by molar-refractivity contribution is 9.10. The maximum atomic E-state index is 9.84. The van der Waals surface area contributed by atoms with Crippen LogP contribution < -0.4 is 5.06 Å². The van der Waals surface area contributed by atoms with Gasteiger partial charge in [-0.2, -0.15) is 5.06 Å². The summed E-state index contributed by atoms with van der Waals surface area (Å²) in [6.45, 7) is -0.182. The number of nitrogens with zero attached hydrogens (tertiary/aromatic N) is 3. The molecule has 0 bridgehead atoms. The van der Waals surface area contributed by atoms with Gasteiger partial charge in [-0.3, -0.25) is 5.21 Å². The Morgan fingerprint density at radius 3 is 2.88 bits per heavy atom. The molecule has 7 heteroatoms. The molecular weight excluding hydrogens is 294 g/mol. The predicted octanol–water partition coefficient (Wildman–Crippen LogP) is 2.32. The fraction of sp³-hybridized carbons (Fsp3) is 0.111. The van der Waals surface area contributed by atoms with Crippen LogP contribution in [0.3, 0.4) is 0 Å². The van der Waals surface area contributed by atoms with Crippen LogP contribution >= 0.6 is 27.3 Å². The molecule has 0 fully saturated rings. The lowest BCUT2D eigenvalue weighted by molar-refractivity contribution is 0.273. The third kappa shape index (κ3) is 2.38. The van der Waals surface area contributed by atoms with Crippen molar-refractivity contribution in [1.29, 1.82) is 0 Å². The van der Waals surface area contributed by atoms with E-state index in [1.807, 2.05) is 0 Å². The molecule has 0 aliphatic heterocycles. The van der Waals surface area contributed by atoms with Crippen LogP contribution in [0, 0.1) is 0 Å². The third-order valence-electron chi connectivity index (χ3n) is 1.81. The van der Waals surface area contributed by atoms with Gasteiger partial charge in [0.05, 0.1) is 12.3 Å². The maximum Gasteiger partial charge on any atom is 0.215 e. The first kappa shape index (κ1) is 11.5. The molecule has 2 aromatic rings. The number of hydrogen-bond donors (Lipinski definition) is 2. The second kappa shape index (κ2) is 4.88. The third-order valence-corrected chi connectivity index (χ3v) is 3.01. The monoisotopic (exact) mass is 301 g/mol. The van der Waals surface area contributed by atoms with Crippen LogP contribution in [0.15, 0.2) is 28.2 Å². The summed E-state index contributed by atoms with van der Waals surface area (Å²) in [6, 6.07) is 3.32. The van der Waals surface area contributed by atoms with Crippen LogP contribution in [-0.4, -0.2) is 20.3 Å². The number of anilines is 2. The number of aliphatic hydroxyl groups is 1. The van der Waals surface area contributed by atoms with E-state index in [0.29, 0.717) is 16.6 Å². The van der Waals surface area contributed by atoms with Crippen molar-refractivity contribution in [3.8, 4) is 0 Å². The molecule has 16 heavy (non-hydrogen) atoms. The second-order valence-electron chi connectivity index (χ2n) is 2.92. The Kier molecular flexibility index (Phi) is 3.49. The summed E-state index contributed by atoms with van der Waals surface area (Å²) in [6.07, 6.45) is 1.59. The Hall–Kier alpha value is -1.02. The SMILES string of the molecule is OCc1cc(Br)cc(N(O)c2nccs2)n1. The highest BCUT2D eigenvalue weighted by Crippen LogP contribution is 2.26. The van der Waals surface area contributed by atoms with E-state index in [2.05, 4.69) is 25.9 Å². The molecule has 2 aromatic heterocycles. The van der Waals surface area contributed by atoms with Gasteiger partial charge in [0.2, 0.25) is 5.13 Å². The van der Waals surface area contributed by atoms with Crippen molar-refractivity contribution in [2.24, 2.45) is 0 Å². The summed E-state index contributed by atoms with van der Waals surface area (Å²) in [5, 5.41) is 21.9. The van der Waals surface area contributed by atoms with E-state index in [1.54, 1.807) is 23.7 Å². The van der Waals surface area contributed by atoms with E-state index in [1.165, 1.54) is 11.3 Å². The topological polar surface area (TPSA) is 69.5 Å². The lowest BCUT2D eigenvalue weighted by Gasteiger charge is -2.13. The minimum Gasteiger partial charge on any atom is -0.390 e. The minimum absolute atomic E-state index is 0.182. The number of hydrogen-bond acceptors (Lipinski definition) is 6. The van der Waals surface area contributed by atoms with E-state index < -0.39 is 0 Å². The Morgan fingerprint density at radius 2 is 2.25 bits per heavy atom. The average molecular weight is 302 g/mol. The maximum absolute atomic E-state index is 9.84. The van der Waals surface area contributed by atoms with Gasteiger partial charge < -0.3 is 5.11 Å². The van der Waals surface area contributed by atoms with Crippen LogP contribution in [-0.2, 0) is 6.61 Å². The average Bonchev–Trinajstić information content (AvgIpc) is 2.80. The molecule has 84 valence electrons. The number of aliphatic hydroxyl groups excluding tert-OH is 1. The van der Waals surface area contributed by atoms with Crippen molar-refractivity contribution in [1.82, 2.24) is 9.97 Å². The van der Waals surface area contributed by atoms with Gasteiger partial charge in [0, 0.05) is 16.0 Å². The molecule has 0 aromatic carbocycles. The number of halogens is 1. The van der Waals surface area contributed by atoms with Crippen LogP contribution in [0.25, 0.3) is 0 Å². The number of rotatable bonds is 3. The molecule has 0 atom stereocenters. The molecule has 0 amide bonds. The van der Waals surface area contributed by atoms with E-state index in [0.717, 1.165) is 9.54 Å². The van der Waals surface area contributed by atoms with Gasteiger partial charge in [-0.25, -0.2) is 9.97 Å². The number of pyridine rings is 1. The van der Waals surface area contributed by atoms with E-state index in [4.69, 9.17) is 5.11 Å². The summed E-state index contributed by atoms with van der Waals surface area (Å²) in [5.74, 6) is 0.313. The summed E-state index contributed by atoms with van der Waals surface area (Å²) >= 11 is 4.57. The van der Waals surface area contributed by atoms with Gasteiger partial charge in [0.25, 0.3) is 0 Å². The van der Waals surface area contributed by atoms with Gasteiger partial charge in [-0.15, -0.1) is 11.3 Å². The van der Waals surface area contributed by atoms with Crippen molar-refractivity contribution >= 4 is 38.2 Å². The molecule has 0 saturated carbocycles. The summed E-state index contributed by atoms with van der Waals surface area (Å²) < 4.78 is 0.733. The van der Waals surface area contributed by atoms with Crippen molar-refractivity contribution in [3.05, 3.63) is 33.9 Å². The zero-order valence-electron chi connectivity index (χ0n) is 8.04. The minimum atomic E-state index is -0.182. The van der Waals surface area contributed by atoms with Crippen LogP contribution in [0.2, 0.25) is 0 Å². The molecule has 0 aliphatic carbocycles. The smallest absolute Gasteiger partial charge is 0.215 e. The fourth-order valence-electron chi connectivity index (χ4n) is 1.14. The lowest BCUT2D eigenvalue weighted by atomic mass is 10.3. The fourth-order valence-corrected chi connectivity index (χ4v) is 2.17. The van der Waals surface area contributed by atoms with Gasteiger partial charge in [0.1, 0.15) is 0 Å². The number of aromatic nitrogens is 2. The molecule has 5 nitrogen and oxygen atoms in total. The summed E-state index contributed by atoms with van der Waals surface area (Å²) in [4.78, 5) is 8.02. The first-order valence-corrected chi connectivity index (χ1v) is 6.04. The first-order chi connectivity index (χ1) is 7.70. The Morgan fingerprint density at radius 1 is 1.44 bits per heavy atom. The summed E-state index contributed by atoms with van der Waals surface area (Å²) in [5.41, 5.74) is 0.472. The van der Waals surface area contributed by atoms with Crippen LogP contribution in [0.1, 0.15) is 5.69 Å². The van der Waals surface area contributed by atoms with Crippen molar-refractivity contribution in [2.45, 2.75) is 6.61 Å². The highest BCUT2D eigenvalue weighted by atomic mass is 79.9. The van der Waals surface area contributed by atoms with E-state index in [-0.39, 0.29) is 6.61 Å². The normalized spacial score (nSPS) is 10.4. The van der Waals surface area contributed by atoms with E-state index >= 15 is 0 Å². The van der Waals surface area contributed by atoms with Gasteiger partial charge in [0.15, 0.2) is 5.82 Å². The molecule has 0 saturated heterocycles. The Bertz CT molecular complexity index is 478. The largest absolute Gasteiger partial charge is 0.390 e. The second-order valence-corrected chi connectivity index (χ2v) is 4.71. The quantitative estimate of drug-likeness (QED) is 0.852. The molecule has 2 N–H and O–H groups in total. The molecule has 2 rings (SSSR count). The first-order valence-electron chi connectivity index (χ1n) is 4.36. The summed E-state index contributed by atoms with van der Waals surface area (Å²) in [7, 11) is 0. The standard InChI is InChI=1S/C9H8BrN3O2S/c10-6-3-7(5-14)12-8(4-6)13(15)9-11-1-2-16-9/h1-4,14-15H,5H2. The molecule has 2 heterocycles. The van der Waals surface area contributed by atoms with Crippen molar-refractivity contribution in [3.63, 3.8) is 0 Å². The van der Waals surface area contributed by atoms with Crippen molar-refractivity contribution < 1.29 is 10.3 Å². The van der Waals surface area contributed by atoms with Crippen LogP contribution in [0.5, 0.6) is 0 Å². The molecular formula is C9H8BrN3O2S. The lowest BCUT2D eigenvalue weighted by Crippen LogP contribution is -2.12. The Balaban J connectivity index is 2.36. The molecule has 0 spiro atoms.